The average Bonchev–Trinajstić information content (AvgIpc) is 2.26. The van der Waals surface area contributed by atoms with Gasteiger partial charge in [0.05, 0.1) is 7.11 Å². The molecular weight excluding hydrogens is 192 g/mol. The molecule has 1 atom stereocenters. The van der Waals surface area contributed by atoms with Crippen molar-refractivity contribution >= 4 is 5.97 Å². The van der Waals surface area contributed by atoms with Crippen molar-refractivity contribution < 1.29 is 9.53 Å². The van der Waals surface area contributed by atoms with Gasteiger partial charge in [0, 0.05) is 18.4 Å². The van der Waals surface area contributed by atoms with Crippen LogP contribution in [0.4, 0.5) is 0 Å². The molecule has 1 aromatic rings. The molecule has 1 rings (SSSR count). The van der Waals surface area contributed by atoms with Crippen LogP contribution in [0.15, 0.2) is 18.3 Å². The van der Waals surface area contributed by atoms with Gasteiger partial charge in [-0.25, -0.2) is 0 Å². The van der Waals surface area contributed by atoms with E-state index in [1.807, 2.05) is 19.1 Å². The molecule has 4 heteroatoms. The van der Waals surface area contributed by atoms with E-state index in [4.69, 9.17) is 0 Å². The number of ether oxygens (including phenoxy) is 1. The number of pyridine rings is 1. The highest BCUT2D eigenvalue weighted by atomic mass is 16.5. The van der Waals surface area contributed by atoms with Crippen LogP contribution < -0.4 is 5.32 Å². The van der Waals surface area contributed by atoms with Crippen LogP contribution in [0.25, 0.3) is 0 Å². The number of esters is 1. The van der Waals surface area contributed by atoms with Gasteiger partial charge in [-0.3, -0.25) is 9.78 Å². The predicted molar refractivity (Wildman–Crippen MR) is 57.3 cm³/mol. The van der Waals surface area contributed by atoms with Crippen LogP contribution >= 0.6 is 0 Å². The van der Waals surface area contributed by atoms with Gasteiger partial charge in [0.2, 0.25) is 0 Å². The highest BCUT2D eigenvalue weighted by Gasteiger charge is 2.11. The Morgan fingerprint density at radius 3 is 2.87 bits per heavy atom. The fourth-order valence-electron chi connectivity index (χ4n) is 1.13. The Morgan fingerprint density at radius 1 is 1.60 bits per heavy atom. The molecule has 0 aromatic carbocycles. The maximum Gasteiger partial charge on any atom is 0.322 e. The monoisotopic (exact) mass is 208 g/mol. The van der Waals surface area contributed by atoms with Crippen molar-refractivity contribution in [3.63, 3.8) is 0 Å². The SMILES string of the molecule is COC(=O)C(C)NCc1ccc(C)nc1. The van der Waals surface area contributed by atoms with Gasteiger partial charge in [0.25, 0.3) is 0 Å². The van der Waals surface area contributed by atoms with Gasteiger partial charge in [0.1, 0.15) is 6.04 Å². The van der Waals surface area contributed by atoms with E-state index in [9.17, 15) is 4.79 Å². The van der Waals surface area contributed by atoms with E-state index >= 15 is 0 Å². The van der Waals surface area contributed by atoms with Crippen LogP contribution in [0.1, 0.15) is 18.2 Å². The number of rotatable bonds is 4. The first-order chi connectivity index (χ1) is 7.13. The van der Waals surface area contributed by atoms with Crippen molar-refractivity contribution in [2.75, 3.05) is 7.11 Å². The maximum atomic E-state index is 11.1. The first-order valence-electron chi connectivity index (χ1n) is 4.86. The molecule has 0 saturated carbocycles. The van der Waals surface area contributed by atoms with E-state index in [0.717, 1.165) is 11.3 Å². The highest BCUT2D eigenvalue weighted by Crippen LogP contribution is 1.99. The highest BCUT2D eigenvalue weighted by molar-refractivity contribution is 5.75. The summed E-state index contributed by atoms with van der Waals surface area (Å²) in [5.41, 5.74) is 2.04. The van der Waals surface area contributed by atoms with Gasteiger partial charge >= 0.3 is 5.97 Å². The number of hydrogen-bond donors (Lipinski definition) is 1. The third-order valence-corrected chi connectivity index (χ3v) is 2.14. The second-order valence-corrected chi connectivity index (χ2v) is 3.43. The summed E-state index contributed by atoms with van der Waals surface area (Å²) in [5.74, 6) is -0.255. The Morgan fingerprint density at radius 2 is 2.33 bits per heavy atom. The maximum absolute atomic E-state index is 11.1. The molecule has 1 N–H and O–H groups in total. The van der Waals surface area contributed by atoms with Crippen molar-refractivity contribution in [1.82, 2.24) is 10.3 Å². The topological polar surface area (TPSA) is 51.2 Å². The average molecular weight is 208 g/mol. The second kappa shape index (κ2) is 5.46. The minimum absolute atomic E-state index is 0.255. The van der Waals surface area contributed by atoms with Gasteiger partial charge in [-0.05, 0) is 25.5 Å². The predicted octanol–water partition coefficient (Wildman–Crippen LogP) is 1.04. The van der Waals surface area contributed by atoms with Crippen LogP contribution in [0.3, 0.4) is 0 Å². The quantitative estimate of drug-likeness (QED) is 0.751. The minimum Gasteiger partial charge on any atom is -0.468 e. The van der Waals surface area contributed by atoms with E-state index in [-0.39, 0.29) is 12.0 Å². The molecule has 0 saturated heterocycles. The number of carbonyl (C=O) groups is 1. The number of nitrogens with one attached hydrogen (secondary N) is 1. The zero-order chi connectivity index (χ0) is 11.3. The van der Waals surface area contributed by atoms with Gasteiger partial charge < -0.3 is 10.1 Å². The van der Waals surface area contributed by atoms with Gasteiger partial charge in [-0.2, -0.15) is 0 Å². The van der Waals surface area contributed by atoms with Crippen LogP contribution in [-0.4, -0.2) is 24.1 Å². The standard InChI is InChI=1S/C11H16N2O2/c1-8-4-5-10(6-12-8)7-13-9(2)11(14)15-3/h4-6,9,13H,7H2,1-3H3. The van der Waals surface area contributed by atoms with Gasteiger partial charge in [-0.1, -0.05) is 6.07 Å². The molecule has 0 fully saturated rings. The number of nitrogens with zero attached hydrogens (tertiary/aromatic N) is 1. The van der Waals surface area contributed by atoms with Crippen molar-refractivity contribution in [3.8, 4) is 0 Å². The lowest BCUT2D eigenvalue weighted by Crippen LogP contribution is -2.34. The Hall–Kier alpha value is -1.42. The molecule has 82 valence electrons. The molecule has 1 unspecified atom stereocenters. The van der Waals surface area contributed by atoms with Crippen molar-refractivity contribution in [2.24, 2.45) is 0 Å². The summed E-state index contributed by atoms with van der Waals surface area (Å²) < 4.78 is 4.60. The third-order valence-electron chi connectivity index (χ3n) is 2.14. The van der Waals surface area contributed by atoms with Crippen LogP contribution in [0.2, 0.25) is 0 Å². The zero-order valence-electron chi connectivity index (χ0n) is 9.28. The minimum atomic E-state index is -0.295. The number of carbonyl (C=O) groups excluding carboxylic acids is 1. The number of methoxy groups -OCH3 is 1. The molecule has 4 nitrogen and oxygen atoms in total. The van der Waals surface area contributed by atoms with Crippen molar-refractivity contribution in [1.29, 1.82) is 0 Å². The molecular formula is C11H16N2O2. The van der Waals surface area contributed by atoms with Crippen LogP contribution in [0.5, 0.6) is 0 Å². The largest absolute Gasteiger partial charge is 0.468 e. The Bertz CT molecular complexity index is 322. The van der Waals surface area contributed by atoms with Crippen LogP contribution in [-0.2, 0) is 16.1 Å². The first kappa shape index (κ1) is 11.7. The fourth-order valence-corrected chi connectivity index (χ4v) is 1.13. The van der Waals surface area contributed by atoms with E-state index < -0.39 is 0 Å². The molecule has 0 bridgehead atoms. The van der Waals surface area contributed by atoms with Crippen molar-refractivity contribution in [3.05, 3.63) is 29.6 Å². The molecule has 1 aromatic heterocycles. The summed E-state index contributed by atoms with van der Waals surface area (Å²) in [4.78, 5) is 15.3. The summed E-state index contributed by atoms with van der Waals surface area (Å²) in [7, 11) is 1.38. The summed E-state index contributed by atoms with van der Waals surface area (Å²) in [5, 5.41) is 3.05. The summed E-state index contributed by atoms with van der Waals surface area (Å²) in [6.07, 6.45) is 1.80. The lowest BCUT2D eigenvalue weighted by atomic mass is 10.2. The lowest BCUT2D eigenvalue weighted by molar-refractivity contribution is -0.142. The zero-order valence-corrected chi connectivity index (χ0v) is 9.28. The number of hydrogen-bond acceptors (Lipinski definition) is 4. The van der Waals surface area contributed by atoms with Gasteiger partial charge in [-0.15, -0.1) is 0 Å². The molecule has 0 aliphatic carbocycles. The smallest absolute Gasteiger partial charge is 0.322 e. The summed E-state index contributed by atoms with van der Waals surface area (Å²) in [6.45, 7) is 4.32. The number of aromatic nitrogens is 1. The molecule has 0 radical (unpaired) electrons. The molecule has 0 aliphatic rings. The first-order valence-corrected chi connectivity index (χ1v) is 4.86. The number of aryl methyl sites for hydroxylation is 1. The normalized spacial score (nSPS) is 12.2. The Kier molecular flexibility index (Phi) is 4.24. The molecule has 0 aliphatic heterocycles. The van der Waals surface area contributed by atoms with E-state index in [1.165, 1.54) is 7.11 Å². The van der Waals surface area contributed by atoms with E-state index in [1.54, 1.807) is 13.1 Å². The Balaban J connectivity index is 2.43. The van der Waals surface area contributed by atoms with Gasteiger partial charge in [0.15, 0.2) is 0 Å². The molecule has 0 amide bonds. The third kappa shape index (κ3) is 3.67. The van der Waals surface area contributed by atoms with E-state index in [0.29, 0.717) is 6.54 Å². The molecule has 1 heterocycles. The van der Waals surface area contributed by atoms with E-state index in [2.05, 4.69) is 15.0 Å². The lowest BCUT2D eigenvalue weighted by Gasteiger charge is -2.11. The summed E-state index contributed by atoms with van der Waals surface area (Å²) in [6, 6.07) is 3.63. The Labute approximate surface area is 89.7 Å². The van der Waals surface area contributed by atoms with Crippen molar-refractivity contribution in [2.45, 2.75) is 26.4 Å². The second-order valence-electron chi connectivity index (χ2n) is 3.43. The molecule has 15 heavy (non-hydrogen) atoms. The van der Waals surface area contributed by atoms with Crippen LogP contribution in [0, 0.1) is 6.92 Å². The fraction of sp³-hybridized carbons (Fsp3) is 0.455. The summed E-state index contributed by atoms with van der Waals surface area (Å²) >= 11 is 0. The molecule has 0 spiro atoms.